The topological polar surface area (TPSA) is 62.7 Å². The molecule has 7 heteroatoms. The first-order chi connectivity index (χ1) is 10.6. The molecule has 2 saturated heterocycles. The Morgan fingerprint density at radius 2 is 2.09 bits per heavy atom. The van der Waals surface area contributed by atoms with E-state index >= 15 is 0 Å². The van der Waals surface area contributed by atoms with Gasteiger partial charge in [0.1, 0.15) is 0 Å². The molecule has 1 aromatic heterocycles. The average molecular weight is 325 g/mol. The second-order valence-corrected chi connectivity index (χ2v) is 7.95. The van der Waals surface area contributed by atoms with Gasteiger partial charge in [0.25, 0.3) is 0 Å². The monoisotopic (exact) mass is 325 g/mol. The summed E-state index contributed by atoms with van der Waals surface area (Å²) in [5, 5.41) is 0. The zero-order valence-corrected chi connectivity index (χ0v) is 13.7. The van der Waals surface area contributed by atoms with Crippen molar-refractivity contribution < 1.29 is 13.2 Å². The zero-order chi connectivity index (χ0) is 15.6. The molecule has 2 atom stereocenters. The van der Waals surface area contributed by atoms with Gasteiger partial charge in [0, 0.05) is 44.1 Å². The van der Waals surface area contributed by atoms with E-state index < -0.39 is 10.0 Å². The maximum Gasteiger partial charge on any atom is 0.211 e. The van der Waals surface area contributed by atoms with Gasteiger partial charge in [-0.05, 0) is 24.5 Å². The van der Waals surface area contributed by atoms with Crippen molar-refractivity contribution in [2.24, 2.45) is 0 Å². The Balaban J connectivity index is 1.82. The van der Waals surface area contributed by atoms with Crippen LogP contribution in [0, 0.1) is 0 Å². The van der Waals surface area contributed by atoms with Crippen LogP contribution in [-0.4, -0.2) is 73.8 Å². The molecule has 22 heavy (non-hydrogen) atoms. The largest absolute Gasteiger partial charge is 0.379 e. The Labute approximate surface area is 132 Å². The van der Waals surface area contributed by atoms with Crippen LogP contribution in [0.15, 0.2) is 24.5 Å². The first kappa shape index (κ1) is 15.9. The van der Waals surface area contributed by atoms with Crippen molar-refractivity contribution >= 4 is 10.0 Å². The molecule has 0 N–H and O–H groups in total. The van der Waals surface area contributed by atoms with Gasteiger partial charge < -0.3 is 4.74 Å². The second kappa shape index (κ2) is 6.62. The molecule has 2 aliphatic rings. The fraction of sp³-hybridized carbons (Fsp3) is 0.667. The number of sulfonamides is 1. The molecule has 3 heterocycles. The molecule has 0 amide bonds. The lowest BCUT2D eigenvalue weighted by molar-refractivity contribution is 0.0116. The molecule has 2 aliphatic heterocycles. The highest BCUT2D eigenvalue weighted by Gasteiger charge is 2.42. The number of morpholine rings is 1. The third kappa shape index (κ3) is 3.48. The van der Waals surface area contributed by atoms with Crippen LogP contribution in [-0.2, 0) is 21.2 Å². The zero-order valence-electron chi connectivity index (χ0n) is 12.9. The van der Waals surface area contributed by atoms with Crippen LogP contribution in [0.25, 0.3) is 0 Å². The van der Waals surface area contributed by atoms with Gasteiger partial charge in [-0.3, -0.25) is 9.88 Å². The van der Waals surface area contributed by atoms with Crippen molar-refractivity contribution in [1.82, 2.24) is 14.2 Å². The summed E-state index contributed by atoms with van der Waals surface area (Å²) in [4.78, 5) is 6.53. The van der Waals surface area contributed by atoms with E-state index in [1.54, 1.807) is 10.5 Å². The van der Waals surface area contributed by atoms with Crippen LogP contribution < -0.4 is 0 Å². The van der Waals surface area contributed by atoms with Gasteiger partial charge in [-0.15, -0.1) is 0 Å². The van der Waals surface area contributed by atoms with E-state index in [4.69, 9.17) is 4.74 Å². The number of nitrogens with zero attached hydrogens (tertiary/aromatic N) is 3. The molecular weight excluding hydrogens is 302 g/mol. The molecule has 122 valence electrons. The predicted molar refractivity (Wildman–Crippen MR) is 84.1 cm³/mol. The van der Waals surface area contributed by atoms with Crippen LogP contribution in [0.3, 0.4) is 0 Å². The molecule has 6 nitrogen and oxygen atoms in total. The summed E-state index contributed by atoms with van der Waals surface area (Å²) in [5.41, 5.74) is 1.08. The Hall–Kier alpha value is -1.02. The minimum Gasteiger partial charge on any atom is -0.379 e. The molecule has 0 radical (unpaired) electrons. The van der Waals surface area contributed by atoms with Crippen molar-refractivity contribution in [3.8, 4) is 0 Å². The smallest absolute Gasteiger partial charge is 0.211 e. The van der Waals surface area contributed by atoms with Crippen LogP contribution in [0.1, 0.15) is 12.0 Å². The van der Waals surface area contributed by atoms with E-state index in [0.717, 1.165) is 38.3 Å². The predicted octanol–water partition coefficient (Wildman–Crippen LogP) is 0.359. The summed E-state index contributed by atoms with van der Waals surface area (Å²) in [5.74, 6) is 0. The number of aromatic nitrogens is 1. The summed E-state index contributed by atoms with van der Waals surface area (Å²) >= 11 is 0. The van der Waals surface area contributed by atoms with Crippen molar-refractivity contribution in [3.63, 3.8) is 0 Å². The third-order valence-corrected chi connectivity index (χ3v) is 5.87. The summed E-state index contributed by atoms with van der Waals surface area (Å²) < 4.78 is 31.3. The second-order valence-electron chi connectivity index (χ2n) is 6.01. The molecule has 3 rings (SSSR count). The average Bonchev–Trinajstić information content (AvgIpc) is 2.93. The van der Waals surface area contributed by atoms with Crippen molar-refractivity contribution in [3.05, 3.63) is 30.1 Å². The van der Waals surface area contributed by atoms with Crippen LogP contribution in [0.2, 0.25) is 0 Å². The molecule has 0 saturated carbocycles. The normalized spacial score (nSPS) is 28.0. The fourth-order valence-electron chi connectivity index (χ4n) is 3.55. The Morgan fingerprint density at radius 1 is 1.32 bits per heavy atom. The van der Waals surface area contributed by atoms with Gasteiger partial charge >= 0.3 is 0 Å². The minimum atomic E-state index is -3.19. The molecule has 0 unspecified atom stereocenters. The highest BCUT2D eigenvalue weighted by Crippen LogP contribution is 2.28. The van der Waals surface area contributed by atoms with E-state index in [9.17, 15) is 8.42 Å². The standard InChI is InChI=1S/C15H23N3O3S/c1-22(19,20)18-6-4-14(17-7-9-21-10-8-17)15(18)11-13-3-2-5-16-12-13/h2-3,5,12,14-15H,4,6-11H2,1H3/t14-,15+/m0/s1. The van der Waals surface area contributed by atoms with Gasteiger partial charge in [0.05, 0.1) is 19.5 Å². The molecule has 0 spiro atoms. The molecule has 2 fully saturated rings. The number of rotatable bonds is 4. The minimum absolute atomic E-state index is 0.0164. The fourth-order valence-corrected chi connectivity index (χ4v) is 4.70. The number of ether oxygens (including phenoxy) is 1. The van der Waals surface area contributed by atoms with E-state index in [0.29, 0.717) is 13.0 Å². The van der Waals surface area contributed by atoms with Crippen LogP contribution in [0.4, 0.5) is 0 Å². The van der Waals surface area contributed by atoms with E-state index in [1.807, 2.05) is 18.3 Å². The van der Waals surface area contributed by atoms with Gasteiger partial charge in [-0.25, -0.2) is 8.42 Å². The molecular formula is C15H23N3O3S. The van der Waals surface area contributed by atoms with Crippen molar-refractivity contribution in [2.75, 3.05) is 39.1 Å². The molecule has 0 aromatic carbocycles. The van der Waals surface area contributed by atoms with Crippen LogP contribution >= 0.6 is 0 Å². The van der Waals surface area contributed by atoms with E-state index in [2.05, 4.69) is 9.88 Å². The summed E-state index contributed by atoms with van der Waals surface area (Å²) in [6.45, 7) is 3.83. The van der Waals surface area contributed by atoms with Gasteiger partial charge in [-0.2, -0.15) is 4.31 Å². The first-order valence-corrected chi connectivity index (χ1v) is 9.58. The van der Waals surface area contributed by atoms with Crippen LogP contribution in [0.5, 0.6) is 0 Å². The van der Waals surface area contributed by atoms with E-state index in [1.165, 1.54) is 6.26 Å². The SMILES string of the molecule is CS(=O)(=O)N1CC[C@H](N2CCOCC2)[C@H]1Cc1cccnc1. The van der Waals surface area contributed by atoms with Gasteiger partial charge in [0.2, 0.25) is 10.0 Å². The third-order valence-electron chi connectivity index (χ3n) is 4.57. The lowest BCUT2D eigenvalue weighted by atomic mass is 10.0. The highest BCUT2D eigenvalue weighted by molar-refractivity contribution is 7.88. The summed E-state index contributed by atoms with van der Waals surface area (Å²) in [6.07, 6.45) is 6.48. The molecule has 0 aliphatic carbocycles. The quantitative estimate of drug-likeness (QED) is 0.800. The lowest BCUT2D eigenvalue weighted by Gasteiger charge is -2.37. The van der Waals surface area contributed by atoms with Crippen molar-refractivity contribution in [2.45, 2.75) is 24.9 Å². The van der Waals surface area contributed by atoms with Gasteiger partial charge in [0.15, 0.2) is 0 Å². The van der Waals surface area contributed by atoms with Crippen molar-refractivity contribution in [1.29, 1.82) is 0 Å². The Bertz CT molecular complexity index is 587. The summed E-state index contributed by atoms with van der Waals surface area (Å²) in [6, 6.07) is 4.16. The number of pyridine rings is 1. The highest BCUT2D eigenvalue weighted by atomic mass is 32.2. The summed E-state index contributed by atoms with van der Waals surface area (Å²) in [7, 11) is -3.19. The Morgan fingerprint density at radius 3 is 2.73 bits per heavy atom. The lowest BCUT2D eigenvalue weighted by Crippen LogP contribution is -2.51. The van der Waals surface area contributed by atoms with Gasteiger partial charge in [-0.1, -0.05) is 6.07 Å². The molecule has 0 bridgehead atoms. The first-order valence-electron chi connectivity index (χ1n) is 7.73. The molecule has 1 aromatic rings. The van der Waals surface area contributed by atoms with E-state index in [-0.39, 0.29) is 12.1 Å². The number of hydrogen-bond donors (Lipinski definition) is 0. The maximum atomic E-state index is 12.1. The maximum absolute atomic E-state index is 12.1. The number of hydrogen-bond acceptors (Lipinski definition) is 5. The Kier molecular flexibility index (Phi) is 4.77.